The predicted molar refractivity (Wildman–Crippen MR) is 69.5 cm³/mol. The maximum absolute atomic E-state index is 11.9. The lowest BCUT2D eigenvalue weighted by molar-refractivity contribution is 0.104. The second-order valence-electron chi connectivity index (χ2n) is 3.65. The van der Waals surface area contributed by atoms with Crippen LogP contribution in [0.25, 0.3) is 0 Å². The predicted octanol–water partition coefficient (Wildman–Crippen LogP) is 2.73. The van der Waals surface area contributed by atoms with Crippen molar-refractivity contribution in [3.63, 3.8) is 0 Å². The Hall–Kier alpha value is -2.66. The first-order valence-corrected chi connectivity index (χ1v) is 5.47. The monoisotopic (exact) mass is 234 g/mol. The molecule has 0 aromatic heterocycles. The Balaban J connectivity index is 2.28. The molecule has 0 atom stereocenters. The van der Waals surface area contributed by atoms with Crippen molar-refractivity contribution in [1.82, 2.24) is 0 Å². The van der Waals surface area contributed by atoms with Gasteiger partial charge < -0.3 is 0 Å². The molecule has 2 nitrogen and oxygen atoms in total. The van der Waals surface area contributed by atoms with Crippen LogP contribution in [0.15, 0.2) is 54.6 Å². The van der Waals surface area contributed by atoms with Crippen LogP contribution in [0.5, 0.6) is 0 Å². The first-order valence-electron chi connectivity index (χ1n) is 5.47. The quantitative estimate of drug-likeness (QED) is 0.455. The van der Waals surface area contributed by atoms with Crippen molar-refractivity contribution >= 4 is 12.1 Å². The van der Waals surface area contributed by atoms with Gasteiger partial charge in [-0.3, -0.25) is 9.59 Å². The molecule has 0 heterocycles. The highest BCUT2D eigenvalue weighted by molar-refractivity contribution is 6.13. The van der Waals surface area contributed by atoms with Crippen molar-refractivity contribution in [3.05, 3.63) is 71.3 Å². The molecule has 0 bridgehead atoms. The molecule has 2 aromatic rings. The van der Waals surface area contributed by atoms with Crippen molar-refractivity contribution in [2.75, 3.05) is 0 Å². The van der Waals surface area contributed by atoms with E-state index in [1.807, 2.05) is 30.3 Å². The van der Waals surface area contributed by atoms with Gasteiger partial charge in [0.25, 0.3) is 0 Å². The second kappa shape index (κ2) is 5.60. The minimum Gasteiger partial charge on any atom is -0.298 e. The van der Waals surface area contributed by atoms with Crippen molar-refractivity contribution in [1.29, 1.82) is 0 Å². The van der Waals surface area contributed by atoms with E-state index in [0.717, 1.165) is 5.56 Å². The second-order valence-corrected chi connectivity index (χ2v) is 3.65. The van der Waals surface area contributed by atoms with Crippen LogP contribution in [0, 0.1) is 11.8 Å². The summed E-state index contributed by atoms with van der Waals surface area (Å²) in [5.74, 6) is 4.98. The standard InChI is InChI=1S/C16H10O2/c17-12-14-8-4-5-9-15(14)16(18)11-10-13-6-2-1-3-7-13/h1-9,12H. The fourth-order valence-corrected chi connectivity index (χ4v) is 1.52. The minimum atomic E-state index is -0.346. The number of carbonyl (C=O) groups is 2. The summed E-state index contributed by atoms with van der Waals surface area (Å²) in [5.41, 5.74) is 1.48. The number of benzene rings is 2. The number of rotatable bonds is 2. The molecule has 0 unspecified atom stereocenters. The maximum Gasteiger partial charge on any atom is 0.236 e. The van der Waals surface area contributed by atoms with E-state index in [9.17, 15) is 9.59 Å². The van der Waals surface area contributed by atoms with Crippen LogP contribution in [0.2, 0.25) is 0 Å². The molecule has 18 heavy (non-hydrogen) atoms. The van der Waals surface area contributed by atoms with Gasteiger partial charge in [-0.1, -0.05) is 42.3 Å². The summed E-state index contributed by atoms with van der Waals surface area (Å²) in [4.78, 5) is 22.7. The van der Waals surface area contributed by atoms with Crippen LogP contribution >= 0.6 is 0 Å². The smallest absolute Gasteiger partial charge is 0.236 e. The molecular formula is C16H10O2. The van der Waals surface area contributed by atoms with Crippen molar-refractivity contribution in [2.45, 2.75) is 0 Å². The van der Waals surface area contributed by atoms with Gasteiger partial charge in [-0.2, -0.15) is 0 Å². The maximum atomic E-state index is 11.9. The van der Waals surface area contributed by atoms with Crippen LogP contribution in [0.1, 0.15) is 26.3 Å². The van der Waals surface area contributed by atoms with E-state index in [2.05, 4.69) is 11.8 Å². The average Bonchev–Trinajstić information content (AvgIpc) is 2.45. The zero-order valence-corrected chi connectivity index (χ0v) is 9.59. The van der Waals surface area contributed by atoms with E-state index in [1.165, 1.54) is 0 Å². The first-order chi connectivity index (χ1) is 8.81. The van der Waals surface area contributed by atoms with E-state index in [0.29, 0.717) is 17.4 Å². The highest BCUT2D eigenvalue weighted by Gasteiger charge is 2.06. The van der Waals surface area contributed by atoms with Gasteiger partial charge in [0.1, 0.15) is 0 Å². The van der Waals surface area contributed by atoms with Gasteiger partial charge in [0.15, 0.2) is 6.29 Å². The van der Waals surface area contributed by atoms with Crippen LogP contribution in [0.3, 0.4) is 0 Å². The largest absolute Gasteiger partial charge is 0.298 e. The molecule has 2 heteroatoms. The molecule has 0 fully saturated rings. The van der Waals surface area contributed by atoms with Gasteiger partial charge in [0.05, 0.1) is 0 Å². The Morgan fingerprint density at radius 3 is 2.33 bits per heavy atom. The molecule has 0 radical (unpaired) electrons. The zero-order valence-electron chi connectivity index (χ0n) is 9.59. The van der Waals surface area contributed by atoms with Crippen molar-refractivity contribution < 1.29 is 9.59 Å². The molecule has 0 spiro atoms. The summed E-state index contributed by atoms with van der Waals surface area (Å²) in [6.07, 6.45) is 0.664. The Bertz CT molecular complexity index is 631. The highest BCUT2D eigenvalue weighted by Crippen LogP contribution is 2.06. The van der Waals surface area contributed by atoms with Crippen LogP contribution in [-0.2, 0) is 0 Å². The number of hydrogen-bond acceptors (Lipinski definition) is 2. The fraction of sp³-hybridized carbons (Fsp3) is 0. The summed E-state index contributed by atoms with van der Waals surface area (Å²) >= 11 is 0. The molecular weight excluding hydrogens is 224 g/mol. The number of hydrogen-bond donors (Lipinski definition) is 0. The molecule has 0 aliphatic heterocycles. The number of Topliss-reactive ketones (excluding diaryl/α,β-unsaturated/α-hetero) is 1. The van der Waals surface area contributed by atoms with E-state index in [-0.39, 0.29) is 5.78 Å². The lowest BCUT2D eigenvalue weighted by Crippen LogP contribution is -2.00. The molecule has 0 aliphatic rings. The molecule has 86 valence electrons. The summed E-state index contributed by atoms with van der Waals surface area (Å²) in [7, 11) is 0. The minimum absolute atomic E-state index is 0.343. The summed E-state index contributed by atoms with van der Waals surface area (Å²) in [6, 6.07) is 15.9. The topological polar surface area (TPSA) is 34.1 Å². The Morgan fingerprint density at radius 1 is 0.944 bits per heavy atom. The van der Waals surface area contributed by atoms with Crippen molar-refractivity contribution in [3.8, 4) is 11.8 Å². The number of aldehydes is 1. The molecule has 0 amide bonds. The van der Waals surface area contributed by atoms with E-state index < -0.39 is 0 Å². The van der Waals surface area contributed by atoms with E-state index >= 15 is 0 Å². The number of ketones is 1. The highest BCUT2D eigenvalue weighted by atomic mass is 16.1. The van der Waals surface area contributed by atoms with Gasteiger partial charge in [-0.25, -0.2) is 0 Å². The Morgan fingerprint density at radius 2 is 1.61 bits per heavy atom. The van der Waals surface area contributed by atoms with Gasteiger partial charge in [-0.05, 0) is 24.1 Å². The molecule has 2 aromatic carbocycles. The molecule has 0 N–H and O–H groups in total. The lowest BCUT2D eigenvalue weighted by atomic mass is 10.0. The summed E-state index contributed by atoms with van der Waals surface area (Å²) in [5, 5.41) is 0. The number of carbonyl (C=O) groups excluding carboxylic acids is 2. The fourth-order valence-electron chi connectivity index (χ4n) is 1.52. The first kappa shape index (κ1) is 11.8. The Kier molecular flexibility index (Phi) is 3.68. The summed E-state index contributed by atoms with van der Waals surface area (Å²) in [6.45, 7) is 0. The summed E-state index contributed by atoms with van der Waals surface area (Å²) < 4.78 is 0. The molecule has 0 saturated heterocycles. The van der Waals surface area contributed by atoms with Crippen LogP contribution in [-0.4, -0.2) is 12.1 Å². The van der Waals surface area contributed by atoms with Gasteiger partial charge in [0.2, 0.25) is 5.78 Å². The molecule has 0 aliphatic carbocycles. The Labute approximate surface area is 105 Å². The van der Waals surface area contributed by atoms with E-state index in [4.69, 9.17) is 0 Å². The van der Waals surface area contributed by atoms with E-state index in [1.54, 1.807) is 24.3 Å². The van der Waals surface area contributed by atoms with Gasteiger partial charge in [-0.15, -0.1) is 0 Å². The van der Waals surface area contributed by atoms with Gasteiger partial charge >= 0.3 is 0 Å². The van der Waals surface area contributed by atoms with Crippen LogP contribution in [0.4, 0.5) is 0 Å². The average molecular weight is 234 g/mol. The SMILES string of the molecule is O=Cc1ccccc1C(=O)C#Cc1ccccc1. The molecule has 2 rings (SSSR count). The third-order valence-electron chi connectivity index (χ3n) is 2.43. The van der Waals surface area contributed by atoms with Crippen molar-refractivity contribution in [2.24, 2.45) is 0 Å². The molecule has 0 saturated carbocycles. The lowest BCUT2D eigenvalue weighted by Gasteiger charge is -1.97. The van der Waals surface area contributed by atoms with Gasteiger partial charge in [0, 0.05) is 16.7 Å². The zero-order chi connectivity index (χ0) is 12.8. The third-order valence-corrected chi connectivity index (χ3v) is 2.43. The normalized spacial score (nSPS) is 9.11. The third kappa shape index (κ3) is 2.72. The van der Waals surface area contributed by atoms with Crippen LogP contribution < -0.4 is 0 Å².